The molecule has 2 aliphatic rings. The van der Waals surface area contributed by atoms with Crippen molar-refractivity contribution < 1.29 is 14.0 Å². The second kappa shape index (κ2) is 7.69. The lowest BCUT2D eigenvalue weighted by atomic mass is 10.1. The molecule has 2 fully saturated rings. The lowest BCUT2D eigenvalue weighted by Crippen LogP contribution is -2.50. The van der Waals surface area contributed by atoms with Gasteiger partial charge < -0.3 is 9.80 Å². The Morgan fingerprint density at radius 1 is 1.03 bits per heavy atom. The summed E-state index contributed by atoms with van der Waals surface area (Å²) in [6.07, 6.45) is 2.28. The smallest absolute Gasteiger partial charge is 0.274 e. The highest BCUT2D eigenvalue weighted by Gasteiger charge is 2.34. The molecule has 1 saturated heterocycles. The van der Waals surface area contributed by atoms with Crippen LogP contribution in [0.15, 0.2) is 24.3 Å². The maximum absolute atomic E-state index is 13.3. The van der Waals surface area contributed by atoms with Crippen molar-refractivity contribution in [3.8, 4) is 0 Å². The maximum Gasteiger partial charge on any atom is 0.274 e. The molecule has 1 aromatic heterocycles. The van der Waals surface area contributed by atoms with E-state index in [-0.39, 0.29) is 27.9 Å². The number of halogens is 2. The number of benzene rings is 1. The number of aromatic nitrogens is 2. The zero-order valence-electron chi connectivity index (χ0n) is 17.5. The van der Waals surface area contributed by atoms with Crippen LogP contribution in [0.4, 0.5) is 4.39 Å². The fourth-order valence-electron chi connectivity index (χ4n) is 3.82. The van der Waals surface area contributed by atoms with E-state index in [1.807, 2.05) is 10.7 Å². The Kier molecular flexibility index (Phi) is 5.34. The molecule has 30 heavy (non-hydrogen) atoms. The summed E-state index contributed by atoms with van der Waals surface area (Å²) < 4.78 is 15.2. The van der Waals surface area contributed by atoms with Crippen molar-refractivity contribution in [3.05, 3.63) is 52.1 Å². The minimum Gasteiger partial charge on any atom is -0.335 e. The number of carbonyl (C=O) groups excluding carboxylic acids is 2. The van der Waals surface area contributed by atoms with E-state index in [1.54, 1.807) is 9.80 Å². The summed E-state index contributed by atoms with van der Waals surface area (Å²) in [5.41, 5.74) is 1.69. The van der Waals surface area contributed by atoms with Crippen LogP contribution < -0.4 is 0 Å². The highest BCUT2D eigenvalue weighted by Crippen LogP contribution is 2.41. The van der Waals surface area contributed by atoms with Crippen LogP contribution in [-0.4, -0.2) is 57.6 Å². The number of amides is 2. The van der Waals surface area contributed by atoms with Crippen LogP contribution in [0.1, 0.15) is 66.1 Å². The molecule has 0 radical (unpaired) electrons. The van der Waals surface area contributed by atoms with E-state index in [2.05, 4.69) is 25.9 Å². The number of piperazine rings is 1. The van der Waals surface area contributed by atoms with E-state index >= 15 is 0 Å². The number of carbonyl (C=O) groups is 2. The zero-order chi connectivity index (χ0) is 21.6. The molecule has 0 atom stereocenters. The number of nitrogens with zero attached hydrogens (tertiary/aromatic N) is 4. The van der Waals surface area contributed by atoms with Gasteiger partial charge in [-0.15, -0.1) is 0 Å². The average Bonchev–Trinajstić information content (AvgIpc) is 3.44. The predicted octanol–water partition coefficient (Wildman–Crippen LogP) is 3.91. The Morgan fingerprint density at radius 2 is 1.63 bits per heavy atom. The second-order valence-electron chi connectivity index (χ2n) is 9.02. The van der Waals surface area contributed by atoms with Gasteiger partial charge in [0.1, 0.15) is 5.82 Å². The summed E-state index contributed by atoms with van der Waals surface area (Å²) >= 11 is 6.02. The van der Waals surface area contributed by atoms with Gasteiger partial charge in [-0.25, -0.2) is 4.39 Å². The van der Waals surface area contributed by atoms with Gasteiger partial charge in [0.2, 0.25) is 0 Å². The van der Waals surface area contributed by atoms with Gasteiger partial charge >= 0.3 is 0 Å². The third-order valence-corrected chi connectivity index (χ3v) is 5.92. The lowest BCUT2D eigenvalue weighted by Gasteiger charge is -2.34. The lowest BCUT2D eigenvalue weighted by molar-refractivity contribution is 0.0531. The summed E-state index contributed by atoms with van der Waals surface area (Å²) in [5, 5.41) is 4.73. The first-order valence-electron chi connectivity index (χ1n) is 10.3. The molecule has 2 heterocycles. The van der Waals surface area contributed by atoms with Crippen molar-refractivity contribution in [2.75, 3.05) is 26.2 Å². The maximum atomic E-state index is 13.3. The van der Waals surface area contributed by atoms with Gasteiger partial charge in [-0.3, -0.25) is 14.3 Å². The number of hydrogen-bond donors (Lipinski definition) is 0. The normalized spacial score (nSPS) is 17.4. The van der Waals surface area contributed by atoms with Crippen LogP contribution in [0.3, 0.4) is 0 Å². The molecule has 0 N–H and O–H groups in total. The summed E-state index contributed by atoms with van der Waals surface area (Å²) in [6.45, 7) is 7.90. The van der Waals surface area contributed by atoms with E-state index in [0.29, 0.717) is 37.8 Å². The second-order valence-corrected chi connectivity index (χ2v) is 9.43. The predicted molar refractivity (Wildman–Crippen MR) is 112 cm³/mol. The Balaban J connectivity index is 1.44. The molecule has 4 rings (SSSR count). The quantitative estimate of drug-likeness (QED) is 0.738. The van der Waals surface area contributed by atoms with E-state index in [0.717, 1.165) is 24.6 Å². The van der Waals surface area contributed by atoms with Gasteiger partial charge in [0, 0.05) is 37.8 Å². The molecule has 1 saturated carbocycles. The highest BCUT2D eigenvalue weighted by atomic mass is 35.5. The van der Waals surface area contributed by atoms with Crippen molar-refractivity contribution in [1.29, 1.82) is 0 Å². The van der Waals surface area contributed by atoms with Crippen molar-refractivity contribution in [1.82, 2.24) is 19.6 Å². The fourth-order valence-corrected chi connectivity index (χ4v) is 4.06. The van der Waals surface area contributed by atoms with Gasteiger partial charge in [0.05, 0.1) is 16.1 Å². The monoisotopic (exact) mass is 432 g/mol. The molecule has 1 aromatic carbocycles. The molecule has 0 unspecified atom stereocenters. The van der Waals surface area contributed by atoms with Gasteiger partial charge in [-0.1, -0.05) is 11.6 Å². The van der Waals surface area contributed by atoms with E-state index < -0.39 is 5.82 Å². The molecule has 160 valence electrons. The van der Waals surface area contributed by atoms with Crippen LogP contribution in [0, 0.1) is 5.82 Å². The van der Waals surface area contributed by atoms with Gasteiger partial charge in [-0.05, 0) is 57.9 Å². The fraction of sp³-hybridized carbons (Fsp3) is 0.500. The van der Waals surface area contributed by atoms with Crippen LogP contribution in [0.25, 0.3) is 0 Å². The van der Waals surface area contributed by atoms with Crippen LogP contribution in [-0.2, 0) is 5.54 Å². The van der Waals surface area contributed by atoms with E-state index in [4.69, 9.17) is 11.6 Å². The van der Waals surface area contributed by atoms with Crippen molar-refractivity contribution in [2.45, 2.75) is 45.1 Å². The molecular weight excluding hydrogens is 407 g/mol. The molecule has 0 bridgehead atoms. The third kappa shape index (κ3) is 4.08. The number of hydrogen-bond acceptors (Lipinski definition) is 3. The Bertz CT molecular complexity index is 986. The van der Waals surface area contributed by atoms with Gasteiger partial charge in [-0.2, -0.15) is 5.10 Å². The number of rotatable bonds is 3. The van der Waals surface area contributed by atoms with Crippen LogP contribution in [0.5, 0.6) is 0 Å². The Labute approximate surface area is 180 Å². The van der Waals surface area contributed by atoms with Crippen molar-refractivity contribution >= 4 is 23.4 Å². The van der Waals surface area contributed by atoms with Crippen LogP contribution >= 0.6 is 11.6 Å². The third-order valence-electron chi connectivity index (χ3n) is 5.60. The summed E-state index contributed by atoms with van der Waals surface area (Å²) in [6, 6.07) is 5.69. The topological polar surface area (TPSA) is 58.4 Å². The van der Waals surface area contributed by atoms with Crippen molar-refractivity contribution in [3.63, 3.8) is 0 Å². The van der Waals surface area contributed by atoms with Gasteiger partial charge in [0.25, 0.3) is 11.8 Å². The molecule has 1 aliphatic heterocycles. The standard InChI is InChI=1S/C22H26ClFN4O2/c1-22(2,3)28-19(14-4-5-14)13-18(25-28)21(30)27-10-8-26(9-11-27)20(29)16-7-6-15(24)12-17(16)23/h6-7,12-14H,4-5,8-11H2,1-3H3. The molecular formula is C22H26ClFN4O2. The minimum atomic E-state index is -0.479. The van der Waals surface area contributed by atoms with Crippen molar-refractivity contribution in [2.24, 2.45) is 0 Å². The molecule has 6 nitrogen and oxygen atoms in total. The van der Waals surface area contributed by atoms with E-state index in [9.17, 15) is 14.0 Å². The highest BCUT2D eigenvalue weighted by molar-refractivity contribution is 6.33. The van der Waals surface area contributed by atoms with Gasteiger partial charge in [0.15, 0.2) is 5.69 Å². The average molecular weight is 433 g/mol. The molecule has 8 heteroatoms. The molecule has 1 aliphatic carbocycles. The first kappa shape index (κ1) is 20.8. The van der Waals surface area contributed by atoms with Crippen LogP contribution in [0.2, 0.25) is 5.02 Å². The summed E-state index contributed by atoms with van der Waals surface area (Å²) in [7, 11) is 0. The Hall–Kier alpha value is -2.41. The largest absolute Gasteiger partial charge is 0.335 e. The molecule has 2 aromatic rings. The summed E-state index contributed by atoms with van der Waals surface area (Å²) in [5.74, 6) is -0.340. The summed E-state index contributed by atoms with van der Waals surface area (Å²) in [4.78, 5) is 29.2. The molecule has 0 spiro atoms. The molecule has 2 amide bonds. The minimum absolute atomic E-state index is 0.0961. The SMILES string of the molecule is CC(C)(C)n1nc(C(=O)N2CCN(C(=O)c3ccc(F)cc3Cl)CC2)cc1C1CC1. The Morgan fingerprint density at radius 3 is 2.17 bits per heavy atom. The van der Waals surface area contributed by atoms with E-state index in [1.165, 1.54) is 12.1 Å². The first-order valence-corrected chi connectivity index (χ1v) is 10.7. The zero-order valence-corrected chi connectivity index (χ0v) is 18.2. The first-order chi connectivity index (χ1) is 14.1.